The van der Waals surface area contributed by atoms with Crippen molar-refractivity contribution in [2.45, 2.75) is 17.2 Å². The fourth-order valence-electron chi connectivity index (χ4n) is 1.91. The topological polar surface area (TPSA) is 46.2 Å². The van der Waals surface area contributed by atoms with Crippen molar-refractivity contribution >= 4 is 38.9 Å². The zero-order valence-electron chi connectivity index (χ0n) is 12.2. The first-order valence-electron chi connectivity index (χ1n) is 6.47. The maximum absolute atomic E-state index is 12.8. The second-order valence-corrected chi connectivity index (χ2v) is 7.56. The summed E-state index contributed by atoms with van der Waals surface area (Å²) in [4.78, 5) is -1.21. The molecule has 0 spiro atoms. The molecule has 2 rings (SSSR count). The van der Waals surface area contributed by atoms with Crippen LogP contribution in [0, 0.1) is 0 Å². The Morgan fingerprint density at radius 1 is 0.731 bits per heavy atom. The summed E-state index contributed by atoms with van der Waals surface area (Å²) in [6, 6.07) is 3.46. The Bertz CT molecular complexity index is 889. The van der Waals surface area contributed by atoms with Crippen molar-refractivity contribution in [2.24, 2.45) is 0 Å². The zero-order valence-corrected chi connectivity index (χ0v) is 14.5. The SMILES string of the molecule is O=S(=O)(Nc1cc(Cl)cc(Cl)c1)c1cc(C(F)(F)F)cc(C(F)(F)F)c1. The van der Waals surface area contributed by atoms with Gasteiger partial charge in [0.15, 0.2) is 0 Å². The third-order valence-corrected chi connectivity index (χ3v) is 4.78. The van der Waals surface area contributed by atoms with Gasteiger partial charge in [0.05, 0.1) is 21.7 Å². The number of hydrogen-bond acceptors (Lipinski definition) is 2. The van der Waals surface area contributed by atoms with Gasteiger partial charge >= 0.3 is 12.4 Å². The number of sulfonamides is 1. The third-order valence-electron chi connectivity index (χ3n) is 2.99. The van der Waals surface area contributed by atoms with E-state index < -0.39 is 38.4 Å². The lowest BCUT2D eigenvalue weighted by Crippen LogP contribution is -2.17. The van der Waals surface area contributed by atoms with Crippen LogP contribution in [-0.2, 0) is 22.4 Å². The highest BCUT2D eigenvalue weighted by atomic mass is 35.5. The number of nitrogens with one attached hydrogen (secondary N) is 1. The standard InChI is InChI=1S/C14H7Cl2F6NO2S/c15-9-4-10(16)6-11(5-9)23-26(24,25)12-2-7(13(17,18)19)1-8(3-12)14(20,21)22/h1-6,23H. The Kier molecular flexibility index (Phi) is 5.42. The van der Waals surface area contributed by atoms with Gasteiger partial charge in [0, 0.05) is 10.0 Å². The van der Waals surface area contributed by atoms with Crippen LogP contribution in [0.15, 0.2) is 41.3 Å². The van der Waals surface area contributed by atoms with Crippen molar-refractivity contribution in [3.8, 4) is 0 Å². The summed E-state index contributed by atoms with van der Waals surface area (Å²) in [6.07, 6.45) is -10.4. The molecule has 2 aromatic rings. The number of rotatable bonds is 3. The van der Waals surface area contributed by atoms with Gasteiger partial charge in [-0.3, -0.25) is 4.72 Å². The highest BCUT2D eigenvalue weighted by Gasteiger charge is 2.38. The van der Waals surface area contributed by atoms with E-state index in [0.29, 0.717) is 0 Å². The number of hydrogen-bond donors (Lipinski definition) is 1. The fraction of sp³-hybridized carbons (Fsp3) is 0.143. The normalized spacial score (nSPS) is 12.9. The van der Waals surface area contributed by atoms with E-state index in [-0.39, 0.29) is 33.9 Å². The van der Waals surface area contributed by atoms with Gasteiger partial charge < -0.3 is 0 Å². The molecule has 0 aliphatic heterocycles. The molecule has 0 radical (unpaired) electrons. The monoisotopic (exact) mass is 437 g/mol. The van der Waals surface area contributed by atoms with Gasteiger partial charge in [0.2, 0.25) is 0 Å². The van der Waals surface area contributed by atoms with Gasteiger partial charge in [-0.2, -0.15) is 26.3 Å². The summed E-state index contributed by atoms with van der Waals surface area (Å²) in [5, 5.41) is 0.0189. The molecule has 0 unspecified atom stereocenters. The van der Waals surface area contributed by atoms with Gasteiger partial charge in [-0.25, -0.2) is 8.42 Å². The van der Waals surface area contributed by atoms with E-state index in [9.17, 15) is 34.8 Å². The molecule has 0 fully saturated rings. The van der Waals surface area contributed by atoms with Crippen LogP contribution < -0.4 is 4.72 Å². The Morgan fingerprint density at radius 2 is 1.15 bits per heavy atom. The lowest BCUT2D eigenvalue weighted by molar-refractivity contribution is -0.143. The van der Waals surface area contributed by atoms with Crippen molar-refractivity contribution in [1.82, 2.24) is 0 Å². The van der Waals surface area contributed by atoms with E-state index in [1.54, 1.807) is 0 Å². The Morgan fingerprint density at radius 3 is 1.54 bits per heavy atom. The predicted molar refractivity (Wildman–Crippen MR) is 83.7 cm³/mol. The molecule has 2 aromatic carbocycles. The fourth-order valence-corrected chi connectivity index (χ4v) is 3.54. The van der Waals surface area contributed by atoms with Crippen LogP contribution >= 0.6 is 23.2 Å². The Balaban J connectivity index is 2.57. The van der Waals surface area contributed by atoms with E-state index >= 15 is 0 Å². The average molecular weight is 438 g/mol. The molecule has 1 N–H and O–H groups in total. The maximum Gasteiger partial charge on any atom is 0.416 e. The largest absolute Gasteiger partial charge is 0.416 e. The molecule has 0 amide bonds. The van der Waals surface area contributed by atoms with Gasteiger partial charge in [0.25, 0.3) is 10.0 Å². The van der Waals surface area contributed by atoms with E-state index in [0.717, 1.165) is 12.1 Å². The zero-order chi connectivity index (χ0) is 19.9. The molecule has 0 aromatic heterocycles. The third kappa shape index (κ3) is 4.95. The molecule has 0 saturated heterocycles. The van der Waals surface area contributed by atoms with Crippen LogP contribution in [-0.4, -0.2) is 8.42 Å². The molecule has 0 saturated carbocycles. The van der Waals surface area contributed by atoms with Crippen molar-refractivity contribution in [2.75, 3.05) is 4.72 Å². The molecular formula is C14H7Cl2F6NO2S. The van der Waals surface area contributed by atoms with Gasteiger partial charge in [-0.1, -0.05) is 23.2 Å². The smallest absolute Gasteiger partial charge is 0.280 e. The molecule has 0 bridgehead atoms. The molecule has 0 heterocycles. The van der Waals surface area contributed by atoms with E-state index in [1.807, 2.05) is 4.72 Å². The van der Waals surface area contributed by atoms with Crippen LogP contribution in [0.5, 0.6) is 0 Å². The summed E-state index contributed by atoms with van der Waals surface area (Å²) in [7, 11) is -4.78. The van der Waals surface area contributed by atoms with Crippen molar-refractivity contribution in [1.29, 1.82) is 0 Å². The average Bonchev–Trinajstić information content (AvgIpc) is 2.43. The van der Waals surface area contributed by atoms with Crippen LogP contribution in [0.2, 0.25) is 10.0 Å². The molecule has 0 aliphatic carbocycles. The second kappa shape index (κ2) is 6.82. The highest BCUT2D eigenvalue weighted by molar-refractivity contribution is 7.92. The van der Waals surface area contributed by atoms with Gasteiger partial charge in [-0.05, 0) is 36.4 Å². The first-order chi connectivity index (χ1) is 11.7. The second-order valence-electron chi connectivity index (χ2n) is 5.01. The van der Waals surface area contributed by atoms with E-state index in [4.69, 9.17) is 23.2 Å². The van der Waals surface area contributed by atoms with Gasteiger partial charge in [0.1, 0.15) is 0 Å². The first kappa shape index (κ1) is 20.7. The lowest BCUT2D eigenvalue weighted by Gasteiger charge is -2.15. The highest BCUT2D eigenvalue weighted by Crippen LogP contribution is 2.37. The number of halogens is 8. The number of benzene rings is 2. The number of anilines is 1. The molecular weight excluding hydrogens is 431 g/mol. The van der Waals surface area contributed by atoms with E-state index in [1.165, 1.54) is 6.07 Å². The summed E-state index contributed by atoms with van der Waals surface area (Å²) < 4.78 is 103. The summed E-state index contributed by atoms with van der Waals surface area (Å²) in [6.45, 7) is 0. The van der Waals surface area contributed by atoms with Crippen molar-refractivity contribution in [3.05, 3.63) is 57.6 Å². The molecule has 3 nitrogen and oxygen atoms in total. The summed E-state index contributed by atoms with van der Waals surface area (Å²) in [5.74, 6) is 0. The van der Waals surface area contributed by atoms with E-state index in [2.05, 4.69) is 0 Å². The lowest BCUT2D eigenvalue weighted by atomic mass is 10.1. The summed E-state index contributed by atoms with van der Waals surface area (Å²) >= 11 is 11.4. The van der Waals surface area contributed by atoms with Crippen LogP contribution in [0.25, 0.3) is 0 Å². The minimum atomic E-state index is -5.18. The van der Waals surface area contributed by atoms with Crippen LogP contribution in [0.3, 0.4) is 0 Å². The summed E-state index contributed by atoms with van der Waals surface area (Å²) in [5.41, 5.74) is -3.73. The molecule has 12 heteroatoms. The first-order valence-corrected chi connectivity index (χ1v) is 8.71. The Hall–Kier alpha value is -1.65. The predicted octanol–water partition coefficient (Wildman–Crippen LogP) is 5.83. The Labute approximate surface area is 153 Å². The minimum absolute atomic E-state index is 0.00947. The van der Waals surface area contributed by atoms with Crippen molar-refractivity contribution in [3.63, 3.8) is 0 Å². The molecule has 26 heavy (non-hydrogen) atoms. The molecule has 142 valence electrons. The molecule has 0 aliphatic rings. The van der Waals surface area contributed by atoms with Crippen LogP contribution in [0.1, 0.15) is 11.1 Å². The van der Waals surface area contributed by atoms with Crippen LogP contribution in [0.4, 0.5) is 32.0 Å². The maximum atomic E-state index is 12.8. The quantitative estimate of drug-likeness (QED) is 0.613. The van der Waals surface area contributed by atoms with Crippen molar-refractivity contribution < 1.29 is 34.8 Å². The number of alkyl halides is 6. The molecule has 0 atom stereocenters. The van der Waals surface area contributed by atoms with Gasteiger partial charge in [-0.15, -0.1) is 0 Å². The minimum Gasteiger partial charge on any atom is -0.280 e.